The second-order valence-electron chi connectivity index (χ2n) is 5.47. The van der Waals surface area contributed by atoms with Crippen LogP contribution in [-0.4, -0.2) is 49.9 Å². The van der Waals surface area contributed by atoms with E-state index in [-0.39, 0.29) is 17.9 Å². The highest BCUT2D eigenvalue weighted by molar-refractivity contribution is 6.04. The second-order valence-corrected chi connectivity index (χ2v) is 5.47. The highest BCUT2D eigenvalue weighted by Crippen LogP contribution is 2.15. The maximum Gasteiger partial charge on any atom is 0.235 e. The van der Waals surface area contributed by atoms with Gasteiger partial charge in [0.2, 0.25) is 11.8 Å². The minimum atomic E-state index is -1.03. The van der Waals surface area contributed by atoms with Gasteiger partial charge in [-0.2, -0.15) is 0 Å². The fourth-order valence-electron chi connectivity index (χ4n) is 1.22. The van der Waals surface area contributed by atoms with Crippen molar-refractivity contribution in [1.82, 2.24) is 15.5 Å². The first-order chi connectivity index (χ1) is 8.21. The molecule has 0 rings (SSSR count). The zero-order valence-electron chi connectivity index (χ0n) is 12.5. The van der Waals surface area contributed by atoms with E-state index in [2.05, 4.69) is 10.6 Å². The Morgan fingerprint density at radius 1 is 1.22 bits per heavy atom. The van der Waals surface area contributed by atoms with Crippen LogP contribution in [0.5, 0.6) is 0 Å². The van der Waals surface area contributed by atoms with E-state index in [0.29, 0.717) is 6.54 Å². The molecule has 0 aliphatic heterocycles. The van der Waals surface area contributed by atoms with E-state index < -0.39 is 5.41 Å². The number of carbonyl (C=O) groups is 2. The molecule has 2 amide bonds. The summed E-state index contributed by atoms with van der Waals surface area (Å²) in [5, 5.41) is 5.62. The number of carbonyl (C=O) groups excluding carboxylic acids is 2. The number of nitrogens with one attached hydrogen (secondary N) is 2. The highest BCUT2D eigenvalue weighted by atomic mass is 16.2. The van der Waals surface area contributed by atoms with Crippen LogP contribution in [0.2, 0.25) is 0 Å². The summed E-state index contributed by atoms with van der Waals surface area (Å²) in [6.45, 7) is 8.53. The number of likely N-dealkylation sites (N-methyl/N-ethyl adjacent to an activating group) is 1. The van der Waals surface area contributed by atoms with Crippen LogP contribution >= 0.6 is 0 Å². The summed E-state index contributed by atoms with van der Waals surface area (Å²) in [7, 11) is 3.87. The summed E-state index contributed by atoms with van der Waals surface area (Å²) >= 11 is 0. The van der Waals surface area contributed by atoms with Crippen LogP contribution < -0.4 is 10.6 Å². The molecule has 5 heteroatoms. The van der Waals surface area contributed by atoms with Crippen LogP contribution in [0.1, 0.15) is 34.1 Å². The van der Waals surface area contributed by atoms with Gasteiger partial charge in [-0.25, -0.2) is 0 Å². The highest BCUT2D eigenvalue weighted by Gasteiger charge is 2.36. The molecule has 0 saturated carbocycles. The second kappa shape index (κ2) is 7.36. The fraction of sp³-hybridized carbons (Fsp3) is 0.846. The van der Waals surface area contributed by atoms with Crippen molar-refractivity contribution in [2.45, 2.75) is 40.2 Å². The summed E-state index contributed by atoms with van der Waals surface area (Å²) < 4.78 is 0. The van der Waals surface area contributed by atoms with Gasteiger partial charge < -0.3 is 15.5 Å². The number of rotatable bonds is 7. The van der Waals surface area contributed by atoms with Gasteiger partial charge in [0.15, 0.2) is 0 Å². The van der Waals surface area contributed by atoms with Crippen molar-refractivity contribution in [3.8, 4) is 0 Å². The van der Waals surface area contributed by atoms with Gasteiger partial charge in [-0.05, 0) is 41.3 Å². The molecule has 0 bridgehead atoms. The first kappa shape index (κ1) is 16.9. The summed E-state index contributed by atoms with van der Waals surface area (Å²) in [6.07, 6.45) is 0.851. The van der Waals surface area contributed by atoms with Crippen LogP contribution in [0.3, 0.4) is 0 Å². The summed E-state index contributed by atoms with van der Waals surface area (Å²) in [4.78, 5) is 25.9. The molecule has 0 fully saturated rings. The minimum absolute atomic E-state index is 0.0892. The Kier molecular flexibility index (Phi) is 6.91. The SMILES string of the molecule is CCC(C)NC(=O)C(C)(C)C(=O)NCCN(C)C. The number of hydrogen-bond acceptors (Lipinski definition) is 3. The summed E-state index contributed by atoms with van der Waals surface area (Å²) in [5.41, 5.74) is -1.03. The molecule has 0 saturated heterocycles. The standard InChI is InChI=1S/C13H27N3O2/c1-7-10(2)15-12(18)13(3,4)11(17)14-8-9-16(5)6/h10H,7-9H2,1-6H3,(H,14,17)(H,15,18). The Labute approximate surface area is 110 Å². The van der Waals surface area contributed by atoms with Gasteiger partial charge in [0.1, 0.15) is 5.41 Å². The molecule has 18 heavy (non-hydrogen) atoms. The van der Waals surface area contributed by atoms with E-state index in [4.69, 9.17) is 0 Å². The zero-order valence-corrected chi connectivity index (χ0v) is 12.5. The lowest BCUT2D eigenvalue weighted by atomic mass is 9.90. The van der Waals surface area contributed by atoms with Gasteiger partial charge in [-0.15, -0.1) is 0 Å². The number of hydrogen-bond donors (Lipinski definition) is 2. The van der Waals surface area contributed by atoms with Gasteiger partial charge in [0.25, 0.3) is 0 Å². The Morgan fingerprint density at radius 3 is 2.22 bits per heavy atom. The predicted octanol–water partition coefficient (Wildman–Crippen LogP) is 0.605. The van der Waals surface area contributed by atoms with Gasteiger partial charge in [-0.1, -0.05) is 6.92 Å². The lowest BCUT2D eigenvalue weighted by molar-refractivity contribution is -0.141. The minimum Gasteiger partial charge on any atom is -0.354 e. The Bertz CT molecular complexity index is 288. The third kappa shape index (κ3) is 5.49. The number of amides is 2. The lowest BCUT2D eigenvalue weighted by Gasteiger charge is -2.25. The van der Waals surface area contributed by atoms with Gasteiger partial charge in [-0.3, -0.25) is 9.59 Å². The average molecular weight is 257 g/mol. The van der Waals surface area contributed by atoms with Crippen molar-refractivity contribution in [2.24, 2.45) is 5.41 Å². The van der Waals surface area contributed by atoms with E-state index in [1.54, 1.807) is 13.8 Å². The molecule has 106 valence electrons. The fourth-order valence-corrected chi connectivity index (χ4v) is 1.22. The molecule has 0 aliphatic carbocycles. The quantitative estimate of drug-likeness (QED) is 0.657. The summed E-state index contributed by atoms with van der Waals surface area (Å²) in [6, 6.07) is 0.0892. The first-order valence-corrected chi connectivity index (χ1v) is 6.45. The predicted molar refractivity (Wildman–Crippen MR) is 73.2 cm³/mol. The molecule has 5 nitrogen and oxygen atoms in total. The van der Waals surface area contributed by atoms with Crippen LogP contribution in [0, 0.1) is 5.41 Å². The van der Waals surface area contributed by atoms with E-state index >= 15 is 0 Å². The van der Waals surface area contributed by atoms with Crippen molar-refractivity contribution in [2.75, 3.05) is 27.2 Å². The molecule has 0 aromatic carbocycles. The Balaban J connectivity index is 4.33. The van der Waals surface area contributed by atoms with E-state index in [9.17, 15) is 9.59 Å². The van der Waals surface area contributed by atoms with Crippen LogP contribution in [0.15, 0.2) is 0 Å². The molecule has 2 N–H and O–H groups in total. The summed E-state index contributed by atoms with van der Waals surface area (Å²) in [5.74, 6) is -0.454. The molecule has 0 aromatic rings. The molecular weight excluding hydrogens is 230 g/mol. The largest absolute Gasteiger partial charge is 0.354 e. The van der Waals surface area contributed by atoms with Crippen LogP contribution in [-0.2, 0) is 9.59 Å². The molecule has 0 heterocycles. The molecular formula is C13H27N3O2. The monoisotopic (exact) mass is 257 g/mol. The first-order valence-electron chi connectivity index (χ1n) is 6.45. The van der Waals surface area contributed by atoms with Crippen LogP contribution in [0.4, 0.5) is 0 Å². The molecule has 0 radical (unpaired) electrons. The van der Waals surface area contributed by atoms with Gasteiger partial charge in [0.05, 0.1) is 0 Å². The molecule has 1 unspecified atom stereocenters. The maximum atomic E-state index is 12.0. The number of nitrogens with zero attached hydrogens (tertiary/aromatic N) is 1. The van der Waals surface area contributed by atoms with E-state index in [1.165, 1.54) is 0 Å². The van der Waals surface area contributed by atoms with E-state index in [0.717, 1.165) is 13.0 Å². The molecule has 0 aromatic heterocycles. The lowest BCUT2D eigenvalue weighted by Crippen LogP contribution is -2.50. The Hall–Kier alpha value is -1.10. The van der Waals surface area contributed by atoms with Crippen LogP contribution in [0.25, 0.3) is 0 Å². The Morgan fingerprint density at radius 2 is 1.78 bits per heavy atom. The van der Waals surface area contributed by atoms with Gasteiger partial charge >= 0.3 is 0 Å². The normalized spacial score (nSPS) is 13.3. The topological polar surface area (TPSA) is 61.4 Å². The maximum absolute atomic E-state index is 12.0. The van der Waals surface area contributed by atoms with Crippen molar-refractivity contribution in [3.05, 3.63) is 0 Å². The van der Waals surface area contributed by atoms with Crippen molar-refractivity contribution in [3.63, 3.8) is 0 Å². The average Bonchev–Trinajstić information content (AvgIpc) is 2.27. The smallest absolute Gasteiger partial charge is 0.235 e. The van der Waals surface area contributed by atoms with Crippen molar-refractivity contribution in [1.29, 1.82) is 0 Å². The molecule has 1 atom stereocenters. The zero-order chi connectivity index (χ0) is 14.3. The van der Waals surface area contributed by atoms with Crippen molar-refractivity contribution < 1.29 is 9.59 Å². The molecule has 0 aliphatic rings. The van der Waals surface area contributed by atoms with Crippen molar-refractivity contribution >= 4 is 11.8 Å². The third-order valence-electron chi connectivity index (χ3n) is 2.97. The molecule has 0 spiro atoms. The van der Waals surface area contributed by atoms with E-state index in [1.807, 2.05) is 32.8 Å². The van der Waals surface area contributed by atoms with Gasteiger partial charge in [0, 0.05) is 19.1 Å². The third-order valence-corrected chi connectivity index (χ3v) is 2.97.